The lowest BCUT2D eigenvalue weighted by Crippen LogP contribution is -2.39. The van der Waals surface area contributed by atoms with Crippen molar-refractivity contribution in [1.29, 1.82) is 0 Å². The predicted octanol–water partition coefficient (Wildman–Crippen LogP) is 6.01. The molecule has 1 fully saturated rings. The molecule has 0 unspecified atom stereocenters. The third kappa shape index (κ3) is 5.82. The lowest BCUT2D eigenvalue weighted by atomic mass is 9.85. The molecule has 0 bridgehead atoms. The molecule has 9 heteroatoms. The number of thiocarbonyl (C=S) groups is 1. The van der Waals surface area contributed by atoms with Gasteiger partial charge in [0.2, 0.25) is 0 Å². The Morgan fingerprint density at radius 3 is 2.44 bits per heavy atom. The number of hydrogen-bond donors (Lipinski definition) is 1. The van der Waals surface area contributed by atoms with E-state index in [2.05, 4.69) is 10.3 Å². The minimum absolute atomic E-state index is 0.0709. The molecule has 0 saturated heterocycles. The van der Waals surface area contributed by atoms with Crippen molar-refractivity contribution in [2.24, 2.45) is 5.92 Å². The molecule has 39 heavy (non-hydrogen) atoms. The second-order valence-electron chi connectivity index (χ2n) is 10.3. The fourth-order valence-electron chi connectivity index (χ4n) is 5.52. The fraction of sp³-hybridized carbons (Fsp3) is 0.333. The Labute approximate surface area is 236 Å². The lowest BCUT2D eigenvalue weighted by molar-refractivity contribution is 0.0919. The van der Waals surface area contributed by atoms with Crippen LogP contribution in [0.3, 0.4) is 0 Å². The van der Waals surface area contributed by atoms with Crippen LogP contribution in [0.2, 0.25) is 5.02 Å². The van der Waals surface area contributed by atoms with Gasteiger partial charge in [-0.2, -0.15) is 0 Å². The van der Waals surface area contributed by atoms with Crippen molar-refractivity contribution >= 4 is 45.6 Å². The highest BCUT2D eigenvalue weighted by Crippen LogP contribution is 2.27. The van der Waals surface area contributed by atoms with E-state index in [0.29, 0.717) is 33.6 Å². The maximum absolute atomic E-state index is 13.6. The number of nitrogens with one attached hydrogen (secondary N) is 1. The predicted molar refractivity (Wildman–Crippen MR) is 156 cm³/mol. The molecule has 0 spiro atoms. The SMILES string of the molecule is Cc1cc(F)ccc1C(=S)Cn1c(=O)n(C[C@H]2CC[C@H](NC(=O)c3cc(Cl)cnc3C)CC2)c2ccccc21. The molecule has 2 heterocycles. The van der Waals surface area contributed by atoms with Crippen molar-refractivity contribution in [1.82, 2.24) is 19.4 Å². The number of pyridine rings is 1. The van der Waals surface area contributed by atoms with Gasteiger partial charge in [0.1, 0.15) is 5.82 Å². The van der Waals surface area contributed by atoms with Gasteiger partial charge in [-0.3, -0.25) is 18.9 Å². The largest absolute Gasteiger partial charge is 0.349 e. The summed E-state index contributed by atoms with van der Waals surface area (Å²) < 4.78 is 17.2. The van der Waals surface area contributed by atoms with Gasteiger partial charge in [0.25, 0.3) is 5.91 Å². The highest BCUT2D eigenvalue weighted by molar-refractivity contribution is 7.80. The molecule has 1 N–H and O–H groups in total. The second-order valence-corrected chi connectivity index (χ2v) is 11.3. The minimum Gasteiger partial charge on any atom is -0.349 e. The number of hydrogen-bond acceptors (Lipinski definition) is 4. The third-order valence-corrected chi connectivity index (χ3v) is 8.19. The molecule has 5 rings (SSSR count). The number of carbonyl (C=O) groups is 1. The summed E-state index contributed by atoms with van der Waals surface area (Å²) in [4.78, 5) is 31.2. The number of amides is 1. The molecule has 6 nitrogen and oxygen atoms in total. The van der Waals surface area contributed by atoms with Crippen molar-refractivity contribution in [2.75, 3.05) is 0 Å². The summed E-state index contributed by atoms with van der Waals surface area (Å²) in [6, 6.07) is 14.0. The normalized spacial score (nSPS) is 17.3. The number of nitrogens with zero attached hydrogens (tertiary/aromatic N) is 3. The van der Waals surface area contributed by atoms with Crippen LogP contribution >= 0.6 is 23.8 Å². The Bertz CT molecular complexity index is 1620. The van der Waals surface area contributed by atoms with Gasteiger partial charge < -0.3 is 5.32 Å². The molecule has 202 valence electrons. The smallest absolute Gasteiger partial charge is 0.329 e. The van der Waals surface area contributed by atoms with E-state index in [0.717, 1.165) is 47.8 Å². The fourth-order valence-corrected chi connectivity index (χ4v) is 6.03. The van der Waals surface area contributed by atoms with Gasteiger partial charge in [-0.1, -0.05) is 42.0 Å². The zero-order chi connectivity index (χ0) is 27.7. The second kappa shape index (κ2) is 11.4. The zero-order valence-electron chi connectivity index (χ0n) is 21.9. The van der Waals surface area contributed by atoms with Crippen molar-refractivity contribution in [3.05, 3.63) is 98.4 Å². The van der Waals surface area contributed by atoms with E-state index in [9.17, 15) is 14.0 Å². The van der Waals surface area contributed by atoms with E-state index < -0.39 is 0 Å². The first kappa shape index (κ1) is 27.2. The topological polar surface area (TPSA) is 68.9 Å². The molecule has 2 aromatic heterocycles. The van der Waals surface area contributed by atoms with Gasteiger partial charge in [-0.05, 0) is 86.9 Å². The summed E-state index contributed by atoms with van der Waals surface area (Å²) >= 11 is 11.7. The molecule has 2 aromatic carbocycles. The molecule has 1 aliphatic rings. The molecule has 4 aromatic rings. The van der Waals surface area contributed by atoms with Crippen LogP contribution in [0.5, 0.6) is 0 Å². The monoisotopic (exact) mass is 564 g/mol. The number of aromatic nitrogens is 3. The summed E-state index contributed by atoms with van der Waals surface area (Å²) in [5.41, 5.74) is 4.28. The van der Waals surface area contributed by atoms with Crippen molar-refractivity contribution in [3.63, 3.8) is 0 Å². The van der Waals surface area contributed by atoms with Crippen molar-refractivity contribution in [2.45, 2.75) is 58.7 Å². The van der Waals surface area contributed by atoms with E-state index in [4.69, 9.17) is 23.8 Å². The van der Waals surface area contributed by atoms with Gasteiger partial charge in [-0.15, -0.1) is 0 Å². The van der Waals surface area contributed by atoms with Crippen LogP contribution in [0.4, 0.5) is 4.39 Å². The standard InChI is InChI=1S/C30H30ClFN4O2S/c1-18-13-22(32)9-12-24(18)28(39)17-36-27-6-4-3-5-26(27)35(30(36)38)16-20-7-10-23(11-8-20)34-29(37)25-14-21(31)15-33-19(25)2/h3-6,9,12-15,20,23H,7-8,10-11,16-17H2,1-2H3,(H,34,37)/t20-,23-. The van der Waals surface area contributed by atoms with Crippen LogP contribution in [0.1, 0.15) is 52.9 Å². The molecule has 0 aliphatic heterocycles. The van der Waals surface area contributed by atoms with Crippen LogP contribution in [0.15, 0.2) is 59.5 Å². The maximum Gasteiger partial charge on any atom is 0.329 e. The Balaban J connectivity index is 1.28. The van der Waals surface area contributed by atoms with Gasteiger partial charge in [-0.25, -0.2) is 9.18 Å². The number of para-hydroxylation sites is 2. The molecule has 0 radical (unpaired) electrons. The molecular formula is C30H30ClFN4O2S. The quantitative estimate of drug-likeness (QED) is 0.220. The van der Waals surface area contributed by atoms with E-state index >= 15 is 0 Å². The number of halogens is 2. The first-order valence-electron chi connectivity index (χ1n) is 13.1. The number of aryl methyl sites for hydroxylation is 2. The number of imidazole rings is 1. The number of benzene rings is 2. The Morgan fingerprint density at radius 1 is 1.05 bits per heavy atom. The van der Waals surface area contributed by atoms with Crippen LogP contribution in [-0.4, -0.2) is 30.9 Å². The number of carbonyl (C=O) groups excluding carboxylic acids is 1. The molecule has 0 atom stereocenters. The average Bonchev–Trinajstić information content (AvgIpc) is 3.17. The Morgan fingerprint density at radius 2 is 1.74 bits per heavy atom. The van der Waals surface area contributed by atoms with E-state index in [-0.39, 0.29) is 30.0 Å². The third-order valence-electron chi connectivity index (χ3n) is 7.64. The van der Waals surface area contributed by atoms with Gasteiger partial charge in [0.15, 0.2) is 0 Å². The maximum atomic E-state index is 13.6. The van der Waals surface area contributed by atoms with Gasteiger partial charge in [0, 0.05) is 23.6 Å². The van der Waals surface area contributed by atoms with Crippen LogP contribution in [-0.2, 0) is 13.1 Å². The van der Waals surface area contributed by atoms with E-state index in [1.54, 1.807) is 23.6 Å². The van der Waals surface area contributed by atoms with Crippen LogP contribution in [0.25, 0.3) is 11.0 Å². The van der Waals surface area contributed by atoms with E-state index in [1.165, 1.54) is 18.3 Å². The summed E-state index contributed by atoms with van der Waals surface area (Å²) in [5.74, 6) is -0.146. The Kier molecular flexibility index (Phi) is 7.96. The molecular weight excluding hydrogens is 535 g/mol. The van der Waals surface area contributed by atoms with Crippen LogP contribution in [0, 0.1) is 25.6 Å². The van der Waals surface area contributed by atoms with Crippen molar-refractivity contribution in [3.8, 4) is 0 Å². The highest BCUT2D eigenvalue weighted by Gasteiger charge is 2.26. The zero-order valence-corrected chi connectivity index (χ0v) is 23.5. The van der Waals surface area contributed by atoms with Crippen molar-refractivity contribution < 1.29 is 9.18 Å². The Hall–Kier alpha value is -3.36. The van der Waals surface area contributed by atoms with Gasteiger partial charge >= 0.3 is 5.69 Å². The lowest BCUT2D eigenvalue weighted by Gasteiger charge is -2.29. The summed E-state index contributed by atoms with van der Waals surface area (Å²) in [6.07, 6.45) is 5.01. The first-order chi connectivity index (χ1) is 18.7. The minimum atomic E-state index is -0.307. The molecule has 1 amide bonds. The van der Waals surface area contributed by atoms with E-state index in [1.807, 2.05) is 35.8 Å². The summed E-state index contributed by atoms with van der Waals surface area (Å²) in [7, 11) is 0. The summed E-state index contributed by atoms with van der Waals surface area (Å²) in [6.45, 7) is 4.48. The highest BCUT2D eigenvalue weighted by atomic mass is 35.5. The van der Waals surface area contributed by atoms with Gasteiger partial charge in [0.05, 0.1) is 33.9 Å². The number of rotatable bonds is 7. The average molecular weight is 565 g/mol. The first-order valence-corrected chi connectivity index (χ1v) is 13.9. The molecule has 1 aliphatic carbocycles. The number of fused-ring (bicyclic) bond motifs is 1. The molecule has 1 saturated carbocycles. The van der Waals surface area contributed by atoms with Crippen LogP contribution < -0.4 is 11.0 Å². The summed E-state index contributed by atoms with van der Waals surface area (Å²) in [5, 5.41) is 3.57.